The van der Waals surface area contributed by atoms with Gasteiger partial charge in [-0.15, -0.1) is 0 Å². The molecule has 2 rings (SSSR count). The maximum atomic E-state index is 13.8. The Balaban J connectivity index is 2.81. The topological polar surface area (TPSA) is 32.3 Å². The van der Waals surface area contributed by atoms with Crippen LogP contribution < -0.4 is 5.32 Å². The Labute approximate surface area is 100 Å². The molecule has 2 nitrogen and oxygen atoms in total. The number of halogens is 1. The number of aryl methyl sites for hydroxylation is 1. The minimum Gasteiger partial charge on any atom is -0.508 e. The molecule has 0 aliphatic rings. The van der Waals surface area contributed by atoms with Crippen molar-refractivity contribution in [2.75, 3.05) is 11.9 Å². The van der Waals surface area contributed by atoms with E-state index in [2.05, 4.69) is 5.32 Å². The number of hydrogen-bond acceptors (Lipinski definition) is 2. The number of nitrogens with one attached hydrogen (secondary N) is 1. The van der Waals surface area contributed by atoms with Crippen molar-refractivity contribution in [2.45, 2.75) is 20.3 Å². The summed E-state index contributed by atoms with van der Waals surface area (Å²) in [5.74, 6) is 0.00644. The number of anilines is 1. The normalized spacial score (nSPS) is 10.8. The lowest BCUT2D eigenvalue weighted by Crippen LogP contribution is -2.00. The predicted molar refractivity (Wildman–Crippen MR) is 69.1 cm³/mol. The Hall–Kier alpha value is -1.77. The predicted octanol–water partition coefficient (Wildman–Crippen LogP) is 3.68. The molecule has 0 aromatic heterocycles. The van der Waals surface area contributed by atoms with Gasteiger partial charge in [0.15, 0.2) is 0 Å². The molecule has 0 saturated heterocycles. The van der Waals surface area contributed by atoms with E-state index < -0.39 is 0 Å². The molecule has 0 heterocycles. The van der Waals surface area contributed by atoms with Gasteiger partial charge in [0.2, 0.25) is 0 Å². The van der Waals surface area contributed by atoms with Crippen LogP contribution in [0.15, 0.2) is 24.3 Å². The molecule has 2 aromatic carbocycles. The van der Waals surface area contributed by atoms with E-state index in [-0.39, 0.29) is 11.6 Å². The molecule has 17 heavy (non-hydrogen) atoms. The van der Waals surface area contributed by atoms with E-state index in [0.717, 1.165) is 23.0 Å². The van der Waals surface area contributed by atoms with Gasteiger partial charge in [0.25, 0.3) is 0 Å². The summed E-state index contributed by atoms with van der Waals surface area (Å²) in [6, 6.07) is 6.46. The van der Waals surface area contributed by atoms with Gasteiger partial charge >= 0.3 is 0 Å². The lowest BCUT2D eigenvalue weighted by atomic mass is 10.00. The zero-order valence-electron chi connectivity index (χ0n) is 10.0. The van der Waals surface area contributed by atoms with E-state index in [1.165, 1.54) is 6.07 Å². The number of rotatable bonds is 3. The SMILES string of the molecule is CCNc1cc(O)cc2ccc(F)c(CC)c12. The summed E-state index contributed by atoms with van der Waals surface area (Å²) in [5.41, 5.74) is 1.48. The number of phenolic OH excluding ortho intramolecular Hbond substituents is 1. The Morgan fingerprint density at radius 1 is 1.24 bits per heavy atom. The van der Waals surface area contributed by atoms with Crippen LogP contribution in [0.4, 0.5) is 10.1 Å². The van der Waals surface area contributed by atoms with Gasteiger partial charge in [-0.25, -0.2) is 4.39 Å². The monoisotopic (exact) mass is 233 g/mol. The fourth-order valence-corrected chi connectivity index (χ4v) is 2.18. The number of phenols is 1. The quantitative estimate of drug-likeness (QED) is 0.847. The van der Waals surface area contributed by atoms with Gasteiger partial charge in [-0.1, -0.05) is 13.0 Å². The number of hydrogen-bond donors (Lipinski definition) is 2. The molecular weight excluding hydrogens is 217 g/mol. The van der Waals surface area contributed by atoms with Crippen molar-refractivity contribution in [3.8, 4) is 5.75 Å². The summed E-state index contributed by atoms with van der Waals surface area (Å²) in [5, 5.41) is 14.5. The van der Waals surface area contributed by atoms with Crippen LogP contribution in [0.5, 0.6) is 5.75 Å². The molecule has 0 aliphatic carbocycles. The maximum absolute atomic E-state index is 13.8. The molecule has 0 fully saturated rings. The summed E-state index contributed by atoms with van der Waals surface area (Å²) in [4.78, 5) is 0. The van der Waals surface area contributed by atoms with E-state index >= 15 is 0 Å². The van der Waals surface area contributed by atoms with Gasteiger partial charge in [0.1, 0.15) is 11.6 Å². The first-order valence-electron chi connectivity index (χ1n) is 5.85. The molecule has 2 N–H and O–H groups in total. The first kappa shape index (κ1) is 11.7. The molecule has 0 unspecified atom stereocenters. The molecule has 2 aromatic rings. The highest BCUT2D eigenvalue weighted by Gasteiger charge is 2.11. The van der Waals surface area contributed by atoms with E-state index in [1.807, 2.05) is 13.8 Å². The van der Waals surface area contributed by atoms with Crippen molar-refractivity contribution in [1.82, 2.24) is 0 Å². The Morgan fingerprint density at radius 2 is 2.00 bits per heavy atom. The summed E-state index contributed by atoms with van der Waals surface area (Å²) >= 11 is 0. The first-order valence-corrected chi connectivity index (χ1v) is 5.85. The summed E-state index contributed by atoms with van der Waals surface area (Å²) in [6.45, 7) is 4.64. The van der Waals surface area contributed by atoms with Crippen molar-refractivity contribution >= 4 is 16.5 Å². The zero-order chi connectivity index (χ0) is 12.4. The summed E-state index contributed by atoms with van der Waals surface area (Å²) in [7, 11) is 0. The highest BCUT2D eigenvalue weighted by Crippen LogP contribution is 2.33. The van der Waals surface area contributed by atoms with Crippen LogP contribution in [0.1, 0.15) is 19.4 Å². The molecule has 0 bridgehead atoms. The molecule has 0 aliphatic heterocycles. The second-order valence-electron chi connectivity index (χ2n) is 4.00. The maximum Gasteiger partial charge on any atom is 0.127 e. The lowest BCUT2D eigenvalue weighted by Gasteiger charge is -2.13. The van der Waals surface area contributed by atoms with Crippen LogP contribution in [-0.2, 0) is 6.42 Å². The van der Waals surface area contributed by atoms with Crippen LogP contribution in [0.3, 0.4) is 0 Å². The number of fused-ring (bicyclic) bond motifs is 1. The van der Waals surface area contributed by atoms with Gasteiger partial charge < -0.3 is 10.4 Å². The lowest BCUT2D eigenvalue weighted by molar-refractivity contribution is 0.476. The van der Waals surface area contributed by atoms with Gasteiger partial charge in [-0.05, 0) is 36.4 Å². The van der Waals surface area contributed by atoms with Crippen molar-refractivity contribution < 1.29 is 9.50 Å². The first-order chi connectivity index (χ1) is 8.17. The Bertz CT molecular complexity index is 551. The van der Waals surface area contributed by atoms with Crippen LogP contribution in [-0.4, -0.2) is 11.7 Å². The second kappa shape index (κ2) is 4.62. The molecule has 0 spiro atoms. The standard InChI is InChI=1S/C14H16FNO/c1-3-11-12(15)6-5-9-7-10(17)8-13(14(9)11)16-4-2/h5-8,16-17H,3-4H2,1-2H3. The zero-order valence-corrected chi connectivity index (χ0v) is 10.0. The molecule has 0 saturated carbocycles. The largest absolute Gasteiger partial charge is 0.508 e. The van der Waals surface area contributed by atoms with Crippen molar-refractivity contribution in [1.29, 1.82) is 0 Å². The molecule has 0 radical (unpaired) electrons. The van der Waals surface area contributed by atoms with Gasteiger partial charge in [-0.3, -0.25) is 0 Å². The minimum atomic E-state index is -0.190. The minimum absolute atomic E-state index is 0.190. The summed E-state index contributed by atoms with van der Waals surface area (Å²) in [6.07, 6.45) is 0.631. The van der Waals surface area contributed by atoms with Crippen LogP contribution in [0, 0.1) is 5.82 Å². The molecule has 0 atom stereocenters. The van der Waals surface area contributed by atoms with Crippen LogP contribution in [0.2, 0.25) is 0 Å². The molecule has 0 amide bonds. The fourth-order valence-electron chi connectivity index (χ4n) is 2.18. The summed E-state index contributed by atoms with van der Waals surface area (Å²) < 4.78 is 13.8. The van der Waals surface area contributed by atoms with E-state index in [9.17, 15) is 9.50 Å². The third kappa shape index (κ3) is 2.05. The van der Waals surface area contributed by atoms with Crippen molar-refractivity contribution in [2.24, 2.45) is 0 Å². The van der Waals surface area contributed by atoms with Crippen molar-refractivity contribution in [3.63, 3.8) is 0 Å². The smallest absolute Gasteiger partial charge is 0.127 e. The number of benzene rings is 2. The second-order valence-corrected chi connectivity index (χ2v) is 4.00. The molecule has 3 heteroatoms. The Kier molecular flexibility index (Phi) is 3.18. The highest BCUT2D eigenvalue weighted by atomic mass is 19.1. The fraction of sp³-hybridized carbons (Fsp3) is 0.286. The van der Waals surface area contributed by atoms with E-state index in [4.69, 9.17) is 0 Å². The van der Waals surface area contributed by atoms with Gasteiger partial charge in [-0.2, -0.15) is 0 Å². The average Bonchev–Trinajstić information content (AvgIpc) is 2.30. The Morgan fingerprint density at radius 3 is 2.65 bits per heavy atom. The molecular formula is C14H16FNO. The van der Waals surface area contributed by atoms with Gasteiger partial charge in [0, 0.05) is 23.7 Å². The average molecular weight is 233 g/mol. The van der Waals surface area contributed by atoms with Crippen LogP contribution in [0.25, 0.3) is 10.8 Å². The highest BCUT2D eigenvalue weighted by molar-refractivity contribution is 5.98. The van der Waals surface area contributed by atoms with Gasteiger partial charge in [0.05, 0.1) is 0 Å². The molecule has 90 valence electrons. The third-order valence-electron chi connectivity index (χ3n) is 2.87. The van der Waals surface area contributed by atoms with Crippen LogP contribution >= 0.6 is 0 Å². The van der Waals surface area contributed by atoms with E-state index in [1.54, 1.807) is 18.2 Å². The number of aromatic hydroxyl groups is 1. The third-order valence-corrected chi connectivity index (χ3v) is 2.87. The van der Waals surface area contributed by atoms with E-state index in [0.29, 0.717) is 12.0 Å². The van der Waals surface area contributed by atoms with Crippen molar-refractivity contribution in [3.05, 3.63) is 35.6 Å².